The van der Waals surface area contributed by atoms with Gasteiger partial charge in [-0.2, -0.15) is 0 Å². The summed E-state index contributed by atoms with van der Waals surface area (Å²) in [5, 5.41) is 9.18. The highest BCUT2D eigenvalue weighted by atomic mass is 16.4. The number of aryl methyl sites for hydroxylation is 1. The molecule has 16 heavy (non-hydrogen) atoms. The van der Waals surface area contributed by atoms with Crippen LogP contribution in [0.3, 0.4) is 0 Å². The van der Waals surface area contributed by atoms with Crippen molar-refractivity contribution < 1.29 is 9.90 Å². The topological polar surface area (TPSA) is 58.4 Å². The third kappa shape index (κ3) is 2.24. The first-order valence-electron chi connectivity index (χ1n) is 5.49. The molecule has 1 aromatic rings. The van der Waals surface area contributed by atoms with Crippen LogP contribution in [-0.2, 0) is 18.4 Å². The molecule has 1 heterocycles. The van der Waals surface area contributed by atoms with Crippen LogP contribution in [0.5, 0.6) is 0 Å². The second-order valence-corrected chi connectivity index (χ2v) is 4.49. The van der Waals surface area contributed by atoms with E-state index in [2.05, 4.69) is 4.98 Å². The van der Waals surface area contributed by atoms with Crippen LogP contribution < -0.4 is 0 Å². The molecule has 0 saturated heterocycles. The van der Waals surface area contributed by atoms with Gasteiger partial charge in [0.25, 0.3) is 0 Å². The molecule has 0 aliphatic heterocycles. The number of carboxylic acids is 1. The predicted molar refractivity (Wildman–Crippen MR) is 58.8 cm³/mol. The third-order valence-electron chi connectivity index (χ3n) is 3.11. The zero-order chi connectivity index (χ0) is 11.7. The molecule has 1 aliphatic rings. The molecular weight excluding hydrogens is 206 g/mol. The van der Waals surface area contributed by atoms with Crippen LogP contribution >= 0.6 is 0 Å². The number of hydrogen-bond donors (Lipinski definition) is 1. The maximum absolute atomic E-state index is 11.2. The number of hydrogen-bond acceptors (Lipinski definition) is 3. The molecule has 0 amide bonds. The van der Waals surface area contributed by atoms with E-state index in [1.54, 1.807) is 6.20 Å². The van der Waals surface area contributed by atoms with Crippen molar-refractivity contribution >= 4 is 5.97 Å². The van der Waals surface area contributed by atoms with Gasteiger partial charge in [0.05, 0.1) is 6.54 Å². The number of rotatable bonds is 5. The van der Waals surface area contributed by atoms with Gasteiger partial charge in [-0.3, -0.25) is 9.69 Å². The molecule has 1 N–H and O–H groups in total. The molecule has 1 unspecified atom stereocenters. The highest BCUT2D eigenvalue weighted by molar-refractivity contribution is 5.74. The molecular formula is C11H17N3O2. The molecule has 1 fully saturated rings. The third-order valence-corrected chi connectivity index (χ3v) is 3.11. The fourth-order valence-electron chi connectivity index (χ4n) is 2.03. The molecule has 1 aliphatic carbocycles. The van der Waals surface area contributed by atoms with Crippen LogP contribution in [0.4, 0.5) is 0 Å². The van der Waals surface area contributed by atoms with Crippen molar-refractivity contribution in [3.05, 3.63) is 18.2 Å². The van der Waals surface area contributed by atoms with Crippen LogP contribution in [-0.4, -0.2) is 38.6 Å². The number of aromatic nitrogens is 2. The van der Waals surface area contributed by atoms with Gasteiger partial charge in [0.15, 0.2) is 0 Å². The van der Waals surface area contributed by atoms with Gasteiger partial charge >= 0.3 is 5.97 Å². The number of aliphatic carboxylic acids is 1. The van der Waals surface area contributed by atoms with Gasteiger partial charge in [-0.15, -0.1) is 0 Å². The fourth-order valence-corrected chi connectivity index (χ4v) is 2.03. The van der Waals surface area contributed by atoms with E-state index in [-0.39, 0.29) is 6.04 Å². The molecule has 0 radical (unpaired) electrons. The first-order chi connectivity index (χ1) is 7.59. The Balaban J connectivity index is 2.03. The largest absolute Gasteiger partial charge is 0.480 e. The highest BCUT2D eigenvalue weighted by Gasteiger charge is 2.39. The zero-order valence-corrected chi connectivity index (χ0v) is 9.63. The van der Waals surface area contributed by atoms with Gasteiger partial charge in [0, 0.05) is 19.4 Å². The molecule has 5 heteroatoms. The van der Waals surface area contributed by atoms with Crippen LogP contribution in [0.15, 0.2) is 12.4 Å². The first-order valence-corrected chi connectivity index (χ1v) is 5.49. The van der Waals surface area contributed by atoms with Crippen LogP contribution in [0.2, 0.25) is 0 Å². The lowest BCUT2D eigenvalue weighted by Crippen LogP contribution is -2.40. The van der Waals surface area contributed by atoms with E-state index in [4.69, 9.17) is 0 Å². The average Bonchev–Trinajstić information content (AvgIpc) is 2.93. The lowest BCUT2D eigenvalue weighted by molar-refractivity contribution is -0.143. The molecule has 88 valence electrons. The summed E-state index contributed by atoms with van der Waals surface area (Å²) in [4.78, 5) is 17.2. The second-order valence-electron chi connectivity index (χ2n) is 4.49. The van der Waals surface area contributed by atoms with Gasteiger partial charge in [-0.25, -0.2) is 4.98 Å². The van der Waals surface area contributed by atoms with Crippen molar-refractivity contribution in [2.45, 2.75) is 25.4 Å². The minimum Gasteiger partial charge on any atom is -0.480 e. The van der Waals surface area contributed by atoms with E-state index in [0.29, 0.717) is 12.5 Å². The van der Waals surface area contributed by atoms with Gasteiger partial charge < -0.3 is 9.67 Å². The summed E-state index contributed by atoms with van der Waals surface area (Å²) in [6, 6.07) is -0.364. The summed E-state index contributed by atoms with van der Waals surface area (Å²) < 4.78 is 1.92. The average molecular weight is 223 g/mol. The lowest BCUT2D eigenvalue weighted by atomic mass is 10.1. The summed E-state index contributed by atoms with van der Waals surface area (Å²) in [6.07, 6.45) is 5.66. The molecule has 1 saturated carbocycles. The summed E-state index contributed by atoms with van der Waals surface area (Å²) >= 11 is 0. The van der Waals surface area contributed by atoms with Gasteiger partial charge in [0.2, 0.25) is 0 Å². The maximum Gasteiger partial charge on any atom is 0.321 e. The predicted octanol–water partition coefficient (Wildman–Crippen LogP) is 0.715. The van der Waals surface area contributed by atoms with Crippen LogP contribution in [0.25, 0.3) is 0 Å². The standard InChI is InChI=1S/C11H17N3O2/c1-13-6-5-12-9(13)7-14(2)10(11(15)16)8-3-4-8/h5-6,8,10H,3-4,7H2,1-2H3,(H,15,16). The van der Waals surface area contributed by atoms with E-state index in [0.717, 1.165) is 18.7 Å². The Morgan fingerprint density at radius 3 is 2.88 bits per heavy atom. The summed E-state index contributed by atoms with van der Waals surface area (Å²) in [5.41, 5.74) is 0. The van der Waals surface area contributed by atoms with Gasteiger partial charge in [0.1, 0.15) is 11.9 Å². The number of nitrogens with zero attached hydrogens (tertiary/aromatic N) is 3. The van der Waals surface area contributed by atoms with Crippen molar-refractivity contribution in [1.29, 1.82) is 0 Å². The Hall–Kier alpha value is -1.36. The minimum absolute atomic E-state index is 0.322. The molecule has 5 nitrogen and oxygen atoms in total. The van der Waals surface area contributed by atoms with Gasteiger partial charge in [-0.1, -0.05) is 0 Å². The summed E-state index contributed by atoms with van der Waals surface area (Å²) in [5.74, 6) is 0.497. The van der Waals surface area contributed by atoms with Crippen molar-refractivity contribution in [3.63, 3.8) is 0 Å². The lowest BCUT2D eigenvalue weighted by Gasteiger charge is -2.23. The van der Waals surface area contributed by atoms with E-state index in [1.165, 1.54) is 0 Å². The number of likely N-dealkylation sites (N-methyl/N-ethyl adjacent to an activating group) is 1. The quantitative estimate of drug-likeness (QED) is 0.799. The molecule has 0 bridgehead atoms. The molecule has 1 atom stereocenters. The molecule has 1 aromatic heterocycles. The Morgan fingerprint density at radius 1 is 1.75 bits per heavy atom. The van der Waals surface area contributed by atoms with Crippen molar-refractivity contribution in [2.24, 2.45) is 13.0 Å². The fraction of sp³-hybridized carbons (Fsp3) is 0.636. The molecule has 0 aromatic carbocycles. The van der Waals surface area contributed by atoms with E-state index < -0.39 is 5.97 Å². The molecule has 2 rings (SSSR count). The SMILES string of the molecule is CN(Cc1nccn1C)C(C(=O)O)C1CC1. The zero-order valence-electron chi connectivity index (χ0n) is 9.63. The van der Waals surface area contributed by atoms with E-state index in [9.17, 15) is 9.90 Å². The first kappa shape index (κ1) is 11.1. The monoisotopic (exact) mass is 223 g/mol. The van der Waals surface area contributed by atoms with Crippen molar-refractivity contribution in [3.8, 4) is 0 Å². The smallest absolute Gasteiger partial charge is 0.321 e. The maximum atomic E-state index is 11.2. The number of carboxylic acid groups (broad SMARTS) is 1. The Morgan fingerprint density at radius 2 is 2.44 bits per heavy atom. The molecule has 0 spiro atoms. The summed E-state index contributed by atoms with van der Waals surface area (Å²) in [6.45, 7) is 0.580. The number of carbonyl (C=O) groups is 1. The summed E-state index contributed by atoms with van der Waals surface area (Å²) in [7, 11) is 3.77. The van der Waals surface area contributed by atoms with Crippen LogP contribution in [0.1, 0.15) is 18.7 Å². The Labute approximate surface area is 94.7 Å². The normalized spacial score (nSPS) is 17.7. The Bertz CT molecular complexity index is 384. The number of imidazole rings is 1. The van der Waals surface area contributed by atoms with Crippen LogP contribution in [0, 0.1) is 5.92 Å². The second kappa shape index (κ2) is 4.25. The van der Waals surface area contributed by atoms with E-state index in [1.807, 2.05) is 29.8 Å². The Kier molecular flexibility index (Phi) is 2.96. The van der Waals surface area contributed by atoms with Crippen molar-refractivity contribution in [2.75, 3.05) is 7.05 Å². The van der Waals surface area contributed by atoms with E-state index >= 15 is 0 Å². The van der Waals surface area contributed by atoms with Crippen molar-refractivity contribution in [1.82, 2.24) is 14.5 Å². The highest BCUT2D eigenvalue weighted by Crippen LogP contribution is 2.35. The minimum atomic E-state index is -0.723. The van der Waals surface area contributed by atoms with Gasteiger partial charge in [-0.05, 0) is 25.8 Å².